The summed E-state index contributed by atoms with van der Waals surface area (Å²) in [4.78, 5) is 2.52. The Hall–Kier alpha value is -0.900. The summed E-state index contributed by atoms with van der Waals surface area (Å²) in [6.07, 6.45) is 5.60. The van der Waals surface area contributed by atoms with Crippen molar-refractivity contribution in [2.45, 2.75) is 44.9 Å². The first-order valence-corrected chi connectivity index (χ1v) is 7.77. The summed E-state index contributed by atoms with van der Waals surface area (Å²) in [6.45, 7) is 3.85. The topological polar surface area (TPSA) is 24.5 Å². The molecule has 1 aromatic rings. The van der Waals surface area contributed by atoms with Crippen LogP contribution in [0.5, 0.6) is 0 Å². The van der Waals surface area contributed by atoms with Gasteiger partial charge in [0.1, 0.15) is 0 Å². The Balaban J connectivity index is 1.62. The van der Waals surface area contributed by atoms with E-state index in [2.05, 4.69) is 41.5 Å². The zero-order valence-corrected chi connectivity index (χ0v) is 12.9. The van der Waals surface area contributed by atoms with Gasteiger partial charge in [-0.2, -0.15) is 0 Å². The van der Waals surface area contributed by atoms with Crippen LogP contribution in [0.4, 0.5) is 0 Å². The number of hydrogen-bond donors (Lipinski definition) is 1. The smallest absolute Gasteiger partial charge is 0.0713 e. The summed E-state index contributed by atoms with van der Waals surface area (Å²) in [5, 5.41) is 3.53. The van der Waals surface area contributed by atoms with Crippen molar-refractivity contribution in [3.8, 4) is 0 Å². The van der Waals surface area contributed by atoms with Gasteiger partial charge in [-0.05, 0) is 31.0 Å². The molecule has 1 aromatic carbocycles. The second-order valence-electron chi connectivity index (χ2n) is 5.85. The third-order valence-electron chi connectivity index (χ3n) is 4.25. The third kappa shape index (κ3) is 4.89. The second kappa shape index (κ2) is 8.40. The molecule has 1 aliphatic rings. The average Bonchev–Trinajstić information content (AvgIpc) is 3.00. The van der Waals surface area contributed by atoms with Gasteiger partial charge < -0.3 is 15.0 Å². The lowest BCUT2D eigenvalue weighted by molar-refractivity contribution is 0.185. The molecule has 1 fully saturated rings. The zero-order chi connectivity index (χ0) is 14.2. The van der Waals surface area contributed by atoms with E-state index in [0.717, 1.165) is 25.7 Å². The minimum Gasteiger partial charge on any atom is -0.380 e. The minimum atomic E-state index is 0.694. The van der Waals surface area contributed by atoms with Gasteiger partial charge >= 0.3 is 0 Å². The van der Waals surface area contributed by atoms with Crippen molar-refractivity contribution >= 4 is 0 Å². The Labute approximate surface area is 123 Å². The van der Waals surface area contributed by atoms with Crippen LogP contribution in [0.2, 0.25) is 0 Å². The van der Waals surface area contributed by atoms with Crippen LogP contribution in [0, 0.1) is 0 Å². The van der Waals surface area contributed by atoms with E-state index in [1.165, 1.54) is 36.8 Å². The number of ether oxygens (including phenoxy) is 1. The van der Waals surface area contributed by atoms with Crippen molar-refractivity contribution < 1.29 is 4.74 Å². The fourth-order valence-corrected chi connectivity index (χ4v) is 2.94. The van der Waals surface area contributed by atoms with Gasteiger partial charge in [0.2, 0.25) is 0 Å². The molecule has 0 atom stereocenters. The Morgan fingerprint density at radius 2 is 1.80 bits per heavy atom. The number of rotatable bonds is 8. The normalized spacial score (nSPS) is 16.1. The lowest BCUT2D eigenvalue weighted by atomic mass is 10.1. The predicted molar refractivity (Wildman–Crippen MR) is 83.7 cm³/mol. The highest BCUT2D eigenvalue weighted by atomic mass is 16.5. The standard InChI is InChI=1S/C17H28N2O/c1-19(17-5-3-4-6-17)12-11-18-13-15-7-9-16(10-8-15)14-20-2/h7-10,17-18H,3-6,11-14H2,1-2H3. The van der Waals surface area contributed by atoms with E-state index < -0.39 is 0 Å². The zero-order valence-electron chi connectivity index (χ0n) is 12.9. The van der Waals surface area contributed by atoms with Crippen LogP contribution < -0.4 is 5.32 Å². The molecule has 3 nitrogen and oxygen atoms in total. The van der Waals surface area contributed by atoms with E-state index in [9.17, 15) is 0 Å². The van der Waals surface area contributed by atoms with Gasteiger partial charge in [-0.1, -0.05) is 37.1 Å². The largest absolute Gasteiger partial charge is 0.380 e. The molecular formula is C17H28N2O. The summed E-state index contributed by atoms with van der Waals surface area (Å²) < 4.78 is 5.12. The van der Waals surface area contributed by atoms with Gasteiger partial charge in [-0.3, -0.25) is 0 Å². The fraction of sp³-hybridized carbons (Fsp3) is 0.647. The molecule has 0 radical (unpaired) electrons. The molecule has 0 saturated heterocycles. The first-order chi connectivity index (χ1) is 9.79. The molecule has 1 aliphatic carbocycles. The molecule has 0 spiro atoms. The molecular weight excluding hydrogens is 248 g/mol. The van der Waals surface area contributed by atoms with Gasteiger partial charge in [0, 0.05) is 32.8 Å². The van der Waals surface area contributed by atoms with Crippen LogP contribution in [0.3, 0.4) is 0 Å². The highest BCUT2D eigenvalue weighted by Gasteiger charge is 2.18. The summed E-state index contributed by atoms with van der Waals surface area (Å²) in [6, 6.07) is 9.48. The highest BCUT2D eigenvalue weighted by Crippen LogP contribution is 2.21. The maximum absolute atomic E-state index is 5.12. The Morgan fingerprint density at radius 3 is 2.45 bits per heavy atom. The Bertz CT molecular complexity index is 371. The molecule has 0 bridgehead atoms. The quantitative estimate of drug-likeness (QED) is 0.739. The van der Waals surface area contributed by atoms with E-state index in [-0.39, 0.29) is 0 Å². The summed E-state index contributed by atoms with van der Waals surface area (Å²) in [5.41, 5.74) is 2.57. The van der Waals surface area contributed by atoms with Crippen molar-refractivity contribution in [3.05, 3.63) is 35.4 Å². The van der Waals surface area contributed by atoms with E-state index in [1.54, 1.807) is 7.11 Å². The Kier molecular flexibility index (Phi) is 6.51. The van der Waals surface area contributed by atoms with Crippen molar-refractivity contribution in [3.63, 3.8) is 0 Å². The monoisotopic (exact) mass is 276 g/mol. The SMILES string of the molecule is COCc1ccc(CNCCN(C)C2CCCC2)cc1. The third-order valence-corrected chi connectivity index (χ3v) is 4.25. The fourth-order valence-electron chi connectivity index (χ4n) is 2.94. The van der Waals surface area contributed by atoms with Gasteiger partial charge in [0.05, 0.1) is 6.61 Å². The highest BCUT2D eigenvalue weighted by molar-refractivity contribution is 5.21. The summed E-state index contributed by atoms with van der Waals surface area (Å²) in [5.74, 6) is 0. The van der Waals surface area contributed by atoms with E-state index in [1.807, 2.05) is 0 Å². The molecule has 20 heavy (non-hydrogen) atoms. The number of hydrogen-bond acceptors (Lipinski definition) is 3. The van der Waals surface area contributed by atoms with Crippen LogP contribution in [-0.2, 0) is 17.9 Å². The van der Waals surface area contributed by atoms with Crippen molar-refractivity contribution in [1.82, 2.24) is 10.2 Å². The first kappa shape index (κ1) is 15.5. The van der Waals surface area contributed by atoms with Gasteiger partial charge in [-0.25, -0.2) is 0 Å². The molecule has 0 aliphatic heterocycles. The molecule has 1 saturated carbocycles. The summed E-state index contributed by atoms with van der Waals surface area (Å²) >= 11 is 0. The average molecular weight is 276 g/mol. The predicted octanol–water partition coefficient (Wildman–Crippen LogP) is 2.80. The van der Waals surface area contributed by atoms with Crippen LogP contribution in [0.25, 0.3) is 0 Å². The van der Waals surface area contributed by atoms with Crippen LogP contribution in [-0.4, -0.2) is 38.2 Å². The maximum atomic E-state index is 5.12. The van der Waals surface area contributed by atoms with E-state index in [4.69, 9.17) is 4.74 Å². The van der Waals surface area contributed by atoms with Crippen LogP contribution in [0.1, 0.15) is 36.8 Å². The maximum Gasteiger partial charge on any atom is 0.0713 e. The molecule has 112 valence electrons. The van der Waals surface area contributed by atoms with Crippen molar-refractivity contribution in [1.29, 1.82) is 0 Å². The summed E-state index contributed by atoms with van der Waals surface area (Å²) in [7, 11) is 3.99. The minimum absolute atomic E-state index is 0.694. The number of methoxy groups -OCH3 is 1. The molecule has 0 heterocycles. The lowest BCUT2D eigenvalue weighted by Crippen LogP contribution is -2.35. The van der Waals surface area contributed by atoms with Gasteiger partial charge in [0.15, 0.2) is 0 Å². The molecule has 0 amide bonds. The molecule has 0 aromatic heterocycles. The van der Waals surface area contributed by atoms with Crippen LogP contribution in [0.15, 0.2) is 24.3 Å². The van der Waals surface area contributed by atoms with Crippen LogP contribution >= 0.6 is 0 Å². The molecule has 1 N–H and O–H groups in total. The number of benzene rings is 1. The number of likely N-dealkylation sites (N-methyl/N-ethyl adjacent to an activating group) is 1. The molecule has 2 rings (SSSR count). The van der Waals surface area contributed by atoms with Crippen molar-refractivity contribution in [2.24, 2.45) is 0 Å². The second-order valence-corrected chi connectivity index (χ2v) is 5.85. The number of nitrogens with zero attached hydrogens (tertiary/aromatic N) is 1. The first-order valence-electron chi connectivity index (χ1n) is 7.77. The number of nitrogens with one attached hydrogen (secondary N) is 1. The Morgan fingerprint density at radius 1 is 1.15 bits per heavy atom. The molecule has 3 heteroatoms. The lowest BCUT2D eigenvalue weighted by Gasteiger charge is -2.24. The van der Waals surface area contributed by atoms with E-state index >= 15 is 0 Å². The van der Waals surface area contributed by atoms with Crippen molar-refractivity contribution in [2.75, 3.05) is 27.2 Å². The molecule has 0 unspecified atom stereocenters. The van der Waals surface area contributed by atoms with Gasteiger partial charge in [-0.15, -0.1) is 0 Å². The van der Waals surface area contributed by atoms with Gasteiger partial charge in [0.25, 0.3) is 0 Å². The van der Waals surface area contributed by atoms with E-state index in [0.29, 0.717) is 6.61 Å².